The second-order valence-electron chi connectivity index (χ2n) is 3.81. The lowest BCUT2D eigenvalue weighted by Crippen LogP contribution is -1.93. The predicted octanol–water partition coefficient (Wildman–Crippen LogP) is 5.49. The number of rotatable bonds is 3. The van der Waals surface area contributed by atoms with Crippen LogP contribution in [0.1, 0.15) is 16.0 Å². The van der Waals surface area contributed by atoms with Gasteiger partial charge in [0, 0.05) is 5.02 Å². The molecule has 1 atom stereocenters. The van der Waals surface area contributed by atoms with E-state index in [0.717, 1.165) is 16.1 Å². The maximum Gasteiger partial charge on any atom is 0.137 e. The van der Waals surface area contributed by atoms with Gasteiger partial charge in [0.1, 0.15) is 5.75 Å². The van der Waals surface area contributed by atoms with Crippen LogP contribution in [0.15, 0.2) is 42.5 Å². The third-order valence-corrected chi connectivity index (χ3v) is 4.20. The Morgan fingerprint density at radius 2 is 1.78 bits per heavy atom. The lowest BCUT2D eigenvalue weighted by Gasteiger charge is -2.12. The van der Waals surface area contributed by atoms with Gasteiger partial charge in [0.15, 0.2) is 0 Å². The maximum atomic E-state index is 6.12. The number of ether oxygens (including phenoxy) is 1. The lowest BCUT2D eigenvalue weighted by atomic mass is 10.0. The van der Waals surface area contributed by atoms with Crippen molar-refractivity contribution in [1.82, 2.24) is 0 Å². The summed E-state index contributed by atoms with van der Waals surface area (Å²) in [5.74, 6) is 0.672. The van der Waals surface area contributed by atoms with Gasteiger partial charge in [-0.15, -0.1) is 0 Å². The molecule has 0 bridgehead atoms. The zero-order valence-electron chi connectivity index (χ0n) is 9.66. The van der Waals surface area contributed by atoms with Gasteiger partial charge in [0.05, 0.1) is 17.0 Å². The number of hydrogen-bond donors (Lipinski definition) is 0. The highest BCUT2D eigenvalue weighted by Gasteiger charge is 2.12. The summed E-state index contributed by atoms with van der Waals surface area (Å²) in [6, 6.07) is 13.5. The van der Waals surface area contributed by atoms with Crippen LogP contribution >= 0.6 is 39.1 Å². The van der Waals surface area contributed by atoms with Crippen LogP contribution < -0.4 is 4.74 Å². The highest BCUT2D eigenvalue weighted by atomic mass is 79.9. The molecule has 4 heteroatoms. The van der Waals surface area contributed by atoms with Gasteiger partial charge < -0.3 is 4.74 Å². The van der Waals surface area contributed by atoms with E-state index in [-0.39, 0.29) is 4.83 Å². The number of alkyl halides is 1. The second-order valence-corrected chi connectivity index (χ2v) is 5.57. The van der Waals surface area contributed by atoms with Gasteiger partial charge in [-0.25, -0.2) is 0 Å². The Labute approximate surface area is 125 Å². The van der Waals surface area contributed by atoms with Crippen molar-refractivity contribution in [2.45, 2.75) is 4.83 Å². The molecule has 1 nitrogen and oxygen atoms in total. The molecule has 94 valence electrons. The van der Waals surface area contributed by atoms with Crippen LogP contribution in [0.4, 0.5) is 0 Å². The molecule has 0 fully saturated rings. The molecule has 0 saturated carbocycles. The summed E-state index contributed by atoms with van der Waals surface area (Å²) in [5, 5.41) is 1.32. The minimum atomic E-state index is 0.0552. The van der Waals surface area contributed by atoms with Crippen molar-refractivity contribution in [2.24, 2.45) is 0 Å². The number of methoxy groups -OCH3 is 1. The summed E-state index contributed by atoms with van der Waals surface area (Å²) in [6.45, 7) is 0. The quantitative estimate of drug-likeness (QED) is 0.668. The first-order valence-corrected chi connectivity index (χ1v) is 7.02. The summed E-state index contributed by atoms with van der Waals surface area (Å²) in [4.78, 5) is 0.0552. The molecule has 0 aliphatic rings. The molecule has 0 aliphatic carbocycles. The maximum absolute atomic E-state index is 6.12. The van der Waals surface area contributed by atoms with E-state index in [4.69, 9.17) is 27.9 Å². The highest BCUT2D eigenvalue weighted by Crippen LogP contribution is 2.35. The molecule has 18 heavy (non-hydrogen) atoms. The molecular weight excluding hydrogens is 335 g/mol. The molecule has 0 N–H and O–H groups in total. The summed E-state index contributed by atoms with van der Waals surface area (Å²) in [7, 11) is 1.60. The first-order valence-electron chi connectivity index (χ1n) is 5.35. The fraction of sp³-hybridized carbons (Fsp3) is 0.143. The van der Waals surface area contributed by atoms with Crippen LogP contribution in [0.3, 0.4) is 0 Å². The van der Waals surface area contributed by atoms with Gasteiger partial charge in [-0.3, -0.25) is 0 Å². The molecule has 0 amide bonds. The molecule has 0 spiro atoms. The summed E-state index contributed by atoms with van der Waals surface area (Å²) >= 11 is 15.8. The third-order valence-electron chi connectivity index (χ3n) is 2.61. The first-order chi connectivity index (χ1) is 8.61. The number of halogens is 3. The van der Waals surface area contributed by atoms with Crippen molar-refractivity contribution in [3.8, 4) is 5.75 Å². The normalized spacial score (nSPS) is 12.2. The zero-order chi connectivity index (χ0) is 13.1. The second kappa shape index (κ2) is 5.96. The van der Waals surface area contributed by atoms with E-state index in [0.29, 0.717) is 10.8 Å². The first kappa shape index (κ1) is 13.7. The average Bonchev–Trinajstić information content (AvgIpc) is 2.37. The van der Waals surface area contributed by atoms with Crippen molar-refractivity contribution in [1.29, 1.82) is 0 Å². The van der Waals surface area contributed by atoms with Crippen molar-refractivity contribution in [2.75, 3.05) is 7.11 Å². The van der Waals surface area contributed by atoms with E-state index in [1.165, 1.54) is 0 Å². The number of hydrogen-bond acceptors (Lipinski definition) is 1. The Bertz CT molecular complexity index is 557. The van der Waals surface area contributed by atoms with E-state index in [1.54, 1.807) is 7.11 Å². The molecule has 0 aliphatic heterocycles. The molecule has 1 unspecified atom stereocenters. The van der Waals surface area contributed by atoms with E-state index in [2.05, 4.69) is 15.9 Å². The van der Waals surface area contributed by atoms with Gasteiger partial charge in [0.25, 0.3) is 0 Å². The average molecular weight is 346 g/mol. The minimum absolute atomic E-state index is 0.0552. The molecule has 0 saturated heterocycles. The molecule has 0 aromatic heterocycles. The van der Waals surface area contributed by atoms with Crippen LogP contribution in [-0.2, 0) is 0 Å². The highest BCUT2D eigenvalue weighted by molar-refractivity contribution is 9.09. The third kappa shape index (κ3) is 3.00. The Kier molecular flexibility index (Phi) is 4.55. The van der Waals surface area contributed by atoms with E-state index < -0.39 is 0 Å². The predicted molar refractivity (Wildman–Crippen MR) is 80.2 cm³/mol. The van der Waals surface area contributed by atoms with Gasteiger partial charge >= 0.3 is 0 Å². The topological polar surface area (TPSA) is 9.23 Å². The van der Waals surface area contributed by atoms with Crippen LogP contribution in [0.25, 0.3) is 0 Å². The van der Waals surface area contributed by atoms with Gasteiger partial charge in [-0.1, -0.05) is 57.3 Å². The fourth-order valence-electron chi connectivity index (χ4n) is 1.70. The Balaban J connectivity index is 2.34. The fourth-order valence-corrected chi connectivity index (χ4v) is 2.73. The van der Waals surface area contributed by atoms with Crippen LogP contribution in [-0.4, -0.2) is 7.11 Å². The van der Waals surface area contributed by atoms with Gasteiger partial charge in [-0.05, 0) is 35.4 Å². The van der Waals surface area contributed by atoms with Crippen molar-refractivity contribution in [3.63, 3.8) is 0 Å². The minimum Gasteiger partial charge on any atom is -0.495 e. The lowest BCUT2D eigenvalue weighted by molar-refractivity contribution is 0.415. The van der Waals surface area contributed by atoms with Gasteiger partial charge in [0.2, 0.25) is 0 Å². The van der Waals surface area contributed by atoms with E-state index >= 15 is 0 Å². The zero-order valence-corrected chi connectivity index (χ0v) is 12.8. The monoisotopic (exact) mass is 344 g/mol. The van der Waals surface area contributed by atoms with Gasteiger partial charge in [-0.2, -0.15) is 0 Å². The Hall–Kier alpha value is -0.700. The SMILES string of the molecule is COc1ccc(C(Br)c2cccc(Cl)c2)cc1Cl. The van der Waals surface area contributed by atoms with Crippen molar-refractivity contribution in [3.05, 3.63) is 63.6 Å². The Morgan fingerprint density at radius 1 is 1.06 bits per heavy atom. The van der Waals surface area contributed by atoms with Crippen LogP contribution in [0, 0.1) is 0 Å². The largest absolute Gasteiger partial charge is 0.495 e. The molecular formula is C14H11BrCl2O. The van der Waals surface area contributed by atoms with Crippen molar-refractivity contribution >= 4 is 39.1 Å². The molecule has 2 aromatic carbocycles. The van der Waals surface area contributed by atoms with Crippen LogP contribution in [0.2, 0.25) is 10.0 Å². The molecule has 0 heterocycles. The van der Waals surface area contributed by atoms with E-state index in [1.807, 2.05) is 42.5 Å². The Morgan fingerprint density at radius 3 is 2.39 bits per heavy atom. The summed E-state index contributed by atoms with van der Waals surface area (Å²) in [5.41, 5.74) is 2.15. The molecule has 2 rings (SSSR count). The standard InChI is InChI=1S/C14H11BrCl2O/c1-18-13-6-5-10(8-12(13)17)14(15)9-3-2-4-11(16)7-9/h2-8,14H,1H3. The number of benzene rings is 2. The smallest absolute Gasteiger partial charge is 0.137 e. The summed E-state index contributed by atoms with van der Waals surface area (Å²) < 4.78 is 5.14. The van der Waals surface area contributed by atoms with Crippen molar-refractivity contribution < 1.29 is 4.74 Å². The molecule has 0 radical (unpaired) electrons. The van der Waals surface area contributed by atoms with Crippen LogP contribution in [0.5, 0.6) is 5.75 Å². The molecule has 2 aromatic rings. The van der Waals surface area contributed by atoms with E-state index in [9.17, 15) is 0 Å². The summed E-state index contributed by atoms with van der Waals surface area (Å²) in [6.07, 6.45) is 0.